The first kappa shape index (κ1) is 21.1. The molecule has 2 aromatic heterocycles. The van der Waals surface area contributed by atoms with Crippen LogP contribution in [0.2, 0.25) is 0 Å². The number of hydrogen-bond donors (Lipinski definition) is 1. The van der Waals surface area contributed by atoms with Gasteiger partial charge in [-0.3, -0.25) is 9.69 Å². The highest BCUT2D eigenvalue weighted by Gasteiger charge is 2.17. The van der Waals surface area contributed by atoms with Crippen LogP contribution in [0.25, 0.3) is 21.8 Å². The fraction of sp³-hybridized carbons (Fsp3) is 0.320. The smallest absolute Gasteiger partial charge is 0.175 e. The first-order valence-corrected chi connectivity index (χ1v) is 12.0. The summed E-state index contributed by atoms with van der Waals surface area (Å²) in [6.07, 6.45) is 2.77. The second-order valence-corrected chi connectivity index (χ2v) is 8.92. The van der Waals surface area contributed by atoms with Gasteiger partial charge < -0.3 is 9.72 Å². The van der Waals surface area contributed by atoms with Gasteiger partial charge in [0.25, 0.3) is 0 Å². The van der Waals surface area contributed by atoms with Crippen LogP contribution in [0.4, 0.5) is 0 Å². The lowest BCUT2D eigenvalue weighted by atomic mass is 10.1. The maximum atomic E-state index is 13.1. The van der Waals surface area contributed by atoms with Crippen molar-refractivity contribution in [3.8, 4) is 0 Å². The van der Waals surface area contributed by atoms with Crippen molar-refractivity contribution in [1.82, 2.24) is 19.9 Å². The van der Waals surface area contributed by atoms with Crippen LogP contribution in [-0.2, 0) is 17.7 Å². The molecule has 32 heavy (non-hydrogen) atoms. The number of aromatic amines is 1. The van der Waals surface area contributed by atoms with Crippen molar-refractivity contribution < 1.29 is 9.53 Å². The number of aryl methyl sites for hydroxylation is 1. The number of hydrogen-bond acceptors (Lipinski definition) is 6. The third-order valence-corrected chi connectivity index (χ3v) is 6.90. The molecule has 2 aromatic carbocycles. The Kier molecular flexibility index (Phi) is 6.21. The zero-order chi connectivity index (χ0) is 21.9. The highest BCUT2D eigenvalue weighted by atomic mass is 32.2. The molecule has 6 nitrogen and oxygen atoms in total. The van der Waals surface area contributed by atoms with E-state index in [0.717, 1.165) is 70.9 Å². The minimum Gasteiger partial charge on any atom is -0.379 e. The van der Waals surface area contributed by atoms with Crippen LogP contribution in [0.5, 0.6) is 0 Å². The molecule has 3 heterocycles. The molecule has 0 unspecified atom stereocenters. The molecule has 0 atom stereocenters. The molecule has 0 amide bonds. The Morgan fingerprint density at radius 2 is 1.91 bits per heavy atom. The molecule has 4 aromatic rings. The molecule has 0 aliphatic carbocycles. The number of carbonyl (C=O) groups is 1. The quantitative estimate of drug-likeness (QED) is 0.256. The summed E-state index contributed by atoms with van der Waals surface area (Å²) >= 11 is 1.49. The minimum absolute atomic E-state index is 0.104. The van der Waals surface area contributed by atoms with Gasteiger partial charge in [0.05, 0.1) is 31.0 Å². The molecule has 1 fully saturated rings. The number of carbonyl (C=O) groups excluding carboxylic acids is 1. The average molecular weight is 447 g/mol. The number of aromatic nitrogens is 3. The summed E-state index contributed by atoms with van der Waals surface area (Å²) in [4.78, 5) is 28.4. The lowest BCUT2D eigenvalue weighted by Gasteiger charge is -2.25. The van der Waals surface area contributed by atoms with E-state index in [1.165, 1.54) is 17.3 Å². The molecule has 5 rings (SSSR count). The van der Waals surface area contributed by atoms with E-state index >= 15 is 0 Å². The molecule has 164 valence electrons. The summed E-state index contributed by atoms with van der Waals surface area (Å²) in [5.74, 6) is 1.23. The largest absolute Gasteiger partial charge is 0.379 e. The van der Waals surface area contributed by atoms with Gasteiger partial charge in [-0.15, -0.1) is 0 Å². The highest BCUT2D eigenvalue weighted by Crippen LogP contribution is 2.28. The number of benzene rings is 2. The maximum Gasteiger partial charge on any atom is 0.175 e. The number of ketones is 1. The number of morpholine rings is 1. The van der Waals surface area contributed by atoms with Crippen LogP contribution >= 0.6 is 11.8 Å². The molecule has 1 aliphatic heterocycles. The van der Waals surface area contributed by atoms with Crippen molar-refractivity contribution in [3.63, 3.8) is 0 Å². The number of ether oxygens (including phenoxy) is 1. The summed E-state index contributed by atoms with van der Waals surface area (Å²) < 4.78 is 5.45. The number of nitrogens with zero attached hydrogens (tertiary/aromatic N) is 3. The summed E-state index contributed by atoms with van der Waals surface area (Å²) in [5.41, 5.74) is 3.95. The van der Waals surface area contributed by atoms with Crippen molar-refractivity contribution in [3.05, 3.63) is 65.6 Å². The average Bonchev–Trinajstić information content (AvgIpc) is 3.27. The molecule has 0 spiro atoms. The lowest BCUT2D eigenvalue weighted by Crippen LogP contribution is -2.36. The second kappa shape index (κ2) is 9.40. The number of H-pyrrole nitrogens is 1. The van der Waals surface area contributed by atoms with Crippen molar-refractivity contribution in [1.29, 1.82) is 0 Å². The molecule has 0 bridgehead atoms. The summed E-state index contributed by atoms with van der Waals surface area (Å²) in [5, 5.41) is 2.85. The monoisotopic (exact) mass is 446 g/mol. The molecule has 1 aliphatic rings. The highest BCUT2D eigenvalue weighted by molar-refractivity contribution is 8.00. The number of thioether (sulfide) groups is 1. The third-order valence-electron chi connectivity index (χ3n) is 5.91. The molecular formula is C25H26N4O2S. The third kappa shape index (κ3) is 4.28. The van der Waals surface area contributed by atoms with E-state index in [4.69, 9.17) is 14.7 Å². The van der Waals surface area contributed by atoms with Gasteiger partial charge in [0.2, 0.25) is 0 Å². The number of fused-ring (bicyclic) bond motifs is 2. The topological polar surface area (TPSA) is 71.1 Å². The fourth-order valence-electron chi connectivity index (χ4n) is 4.19. The minimum atomic E-state index is 0.104. The van der Waals surface area contributed by atoms with E-state index in [-0.39, 0.29) is 5.78 Å². The van der Waals surface area contributed by atoms with E-state index in [2.05, 4.69) is 22.9 Å². The molecule has 1 N–H and O–H groups in total. The maximum absolute atomic E-state index is 13.1. The van der Waals surface area contributed by atoms with Crippen LogP contribution in [0.15, 0.2) is 53.7 Å². The zero-order valence-electron chi connectivity index (χ0n) is 18.1. The van der Waals surface area contributed by atoms with Gasteiger partial charge >= 0.3 is 0 Å². The number of nitrogens with one attached hydrogen (secondary N) is 1. The predicted octanol–water partition coefficient (Wildman–Crippen LogP) is 4.48. The van der Waals surface area contributed by atoms with E-state index in [0.29, 0.717) is 12.3 Å². The van der Waals surface area contributed by atoms with Crippen LogP contribution in [0.1, 0.15) is 28.7 Å². The van der Waals surface area contributed by atoms with Crippen molar-refractivity contribution in [2.45, 2.75) is 24.9 Å². The van der Waals surface area contributed by atoms with Crippen LogP contribution in [0.3, 0.4) is 0 Å². The van der Waals surface area contributed by atoms with Crippen molar-refractivity contribution in [2.24, 2.45) is 0 Å². The van der Waals surface area contributed by atoms with Crippen LogP contribution in [-0.4, -0.2) is 57.7 Å². The van der Waals surface area contributed by atoms with Gasteiger partial charge in [-0.1, -0.05) is 55.1 Å². The van der Waals surface area contributed by atoms with Crippen LogP contribution in [0, 0.1) is 0 Å². The molecular weight excluding hydrogens is 420 g/mol. The van der Waals surface area contributed by atoms with Crippen molar-refractivity contribution in [2.75, 3.05) is 32.1 Å². The lowest BCUT2D eigenvalue weighted by molar-refractivity contribution is 0.0330. The second-order valence-electron chi connectivity index (χ2n) is 7.96. The van der Waals surface area contributed by atoms with E-state index in [1.807, 2.05) is 42.6 Å². The van der Waals surface area contributed by atoms with Gasteiger partial charge in [-0.05, 0) is 18.1 Å². The summed E-state index contributed by atoms with van der Waals surface area (Å²) in [7, 11) is 0. The first-order chi connectivity index (χ1) is 15.7. The van der Waals surface area contributed by atoms with E-state index < -0.39 is 0 Å². The summed E-state index contributed by atoms with van der Waals surface area (Å²) in [6, 6.07) is 14.2. The van der Waals surface area contributed by atoms with Gasteiger partial charge in [0.1, 0.15) is 10.9 Å². The fourth-order valence-corrected chi connectivity index (χ4v) is 5.11. The Morgan fingerprint density at radius 3 is 2.75 bits per heavy atom. The first-order valence-electron chi connectivity index (χ1n) is 11.0. The number of Topliss-reactive ketones (excluding diaryl/α,β-unsaturated/α-hetero) is 1. The molecule has 1 saturated heterocycles. The van der Waals surface area contributed by atoms with E-state index in [9.17, 15) is 4.79 Å². The van der Waals surface area contributed by atoms with Gasteiger partial charge in [-0.2, -0.15) is 0 Å². The van der Waals surface area contributed by atoms with E-state index in [1.54, 1.807) is 0 Å². The van der Waals surface area contributed by atoms with Gasteiger partial charge in [-0.25, -0.2) is 9.97 Å². The normalized spacial score (nSPS) is 14.9. The number of para-hydroxylation sites is 2. The standard InChI is InChI=1S/C25H26N4O2S/c1-2-17-6-5-8-18-20(14-26-24(17)18)22(30)16-32-25-19-7-3-4-9-21(19)27-23(28-25)15-29-10-12-31-13-11-29/h3-9,14,26H,2,10-13,15-16H2,1H3. The van der Waals surface area contributed by atoms with Gasteiger partial charge in [0, 0.05) is 41.1 Å². The number of rotatable bonds is 7. The van der Waals surface area contributed by atoms with Crippen LogP contribution < -0.4 is 0 Å². The Labute approximate surface area is 191 Å². The Balaban J connectivity index is 1.39. The Bertz CT molecular complexity index is 1260. The molecule has 0 radical (unpaired) electrons. The molecule has 7 heteroatoms. The zero-order valence-corrected chi connectivity index (χ0v) is 19.0. The van der Waals surface area contributed by atoms with Gasteiger partial charge in [0.15, 0.2) is 5.78 Å². The predicted molar refractivity (Wildman–Crippen MR) is 128 cm³/mol. The SMILES string of the molecule is CCc1cccc2c(C(=O)CSc3nc(CN4CCOCC4)nc4ccccc34)c[nH]c12. The van der Waals surface area contributed by atoms with Crippen molar-refractivity contribution >= 4 is 39.4 Å². The summed E-state index contributed by atoms with van der Waals surface area (Å²) in [6.45, 7) is 6.08. The Hall–Kier alpha value is -2.74. The molecule has 0 saturated carbocycles. The Morgan fingerprint density at radius 1 is 1.09 bits per heavy atom.